The molecular weight excluding hydrogens is 597 g/mol. The van der Waals surface area contributed by atoms with Gasteiger partial charge in [-0.05, 0) is 72.1 Å². The molecule has 0 radical (unpaired) electrons. The number of thioether (sulfide) groups is 2. The number of ether oxygens (including phenoxy) is 1. The van der Waals surface area contributed by atoms with Gasteiger partial charge >= 0.3 is 5.97 Å². The summed E-state index contributed by atoms with van der Waals surface area (Å²) in [5.41, 5.74) is 3.71. The second kappa shape index (κ2) is 15.0. The minimum atomic E-state index is -0.797. The number of carboxylic acid groups (broad SMARTS) is 1. The maximum Gasteiger partial charge on any atom is 0.303 e. The van der Waals surface area contributed by atoms with Crippen LogP contribution in [0.15, 0.2) is 34.1 Å². The molecule has 0 heterocycles. The lowest BCUT2D eigenvalue weighted by molar-refractivity contribution is -0.137. The van der Waals surface area contributed by atoms with Crippen molar-refractivity contribution < 1.29 is 19.7 Å². The third kappa shape index (κ3) is 10.9. The van der Waals surface area contributed by atoms with Crippen LogP contribution in [-0.4, -0.2) is 26.9 Å². The van der Waals surface area contributed by atoms with E-state index in [0.717, 1.165) is 53.7 Å². The third-order valence-electron chi connectivity index (χ3n) is 8.33. The number of rotatable bonds is 14. The predicted molar refractivity (Wildman–Crippen MR) is 196 cm³/mol. The van der Waals surface area contributed by atoms with E-state index in [1.165, 1.54) is 9.79 Å². The molecule has 254 valence electrons. The van der Waals surface area contributed by atoms with Gasteiger partial charge < -0.3 is 14.9 Å². The summed E-state index contributed by atoms with van der Waals surface area (Å²) >= 11 is 3.83. The Morgan fingerprint density at radius 1 is 0.689 bits per heavy atom. The van der Waals surface area contributed by atoms with Crippen molar-refractivity contribution in [1.82, 2.24) is 0 Å². The summed E-state index contributed by atoms with van der Waals surface area (Å²) in [4.78, 5) is 13.5. The number of hydrogen-bond acceptors (Lipinski definition) is 5. The lowest BCUT2D eigenvalue weighted by Gasteiger charge is -2.34. The second-order valence-electron chi connectivity index (χ2n) is 16.5. The maximum atomic E-state index is 11.5. The number of phenols is 1. The highest BCUT2D eigenvalue weighted by molar-refractivity contribution is 8.18. The summed E-state index contributed by atoms with van der Waals surface area (Å²) in [6.45, 7) is 31.6. The highest BCUT2D eigenvalue weighted by atomic mass is 32.2. The molecule has 0 saturated carbocycles. The fourth-order valence-electron chi connectivity index (χ4n) is 5.92. The molecule has 6 heteroatoms. The van der Waals surface area contributed by atoms with Crippen LogP contribution in [-0.2, 0) is 26.5 Å². The van der Waals surface area contributed by atoms with Crippen molar-refractivity contribution in [2.75, 3.05) is 6.61 Å². The first-order valence-electron chi connectivity index (χ1n) is 16.7. The molecule has 45 heavy (non-hydrogen) atoms. The number of aliphatic carboxylic acids is 1. The van der Waals surface area contributed by atoms with E-state index in [1.54, 1.807) is 0 Å². The Balaban J connectivity index is 2.69. The molecule has 0 spiro atoms. The summed E-state index contributed by atoms with van der Waals surface area (Å²) in [5.74, 6) is 0.541. The molecular formula is C39H62O4S2. The van der Waals surface area contributed by atoms with Gasteiger partial charge in [-0.25, -0.2) is 0 Å². The Kier molecular flexibility index (Phi) is 13.1. The van der Waals surface area contributed by atoms with Crippen molar-refractivity contribution >= 4 is 29.5 Å². The molecule has 0 saturated heterocycles. The summed E-state index contributed by atoms with van der Waals surface area (Å²) < 4.78 is 6.27. The van der Waals surface area contributed by atoms with Gasteiger partial charge in [0.15, 0.2) is 0 Å². The molecule has 0 fully saturated rings. The number of phenolic OH excluding ortho intramolecular Hbond substituents is 1. The van der Waals surface area contributed by atoms with E-state index in [1.807, 2.05) is 23.5 Å². The average molecular weight is 659 g/mol. The number of carboxylic acids is 1. The van der Waals surface area contributed by atoms with Crippen molar-refractivity contribution in [3.8, 4) is 11.5 Å². The molecule has 4 nitrogen and oxygen atoms in total. The van der Waals surface area contributed by atoms with Gasteiger partial charge in [-0.2, -0.15) is 0 Å². The first-order valence-corrected chi connectivity index (χ1v) is 18.4. The first kappa shape index (κ1) is 39.4. The van der Waals surface area contributed by atoms with Crippen LogP contribution in [0.5, 0.6) is 11.5 Å². The Bertz CT molecular complexity index is 1270. The summed E-state index contributed by atoms with van der Waals surface area (Å²) in [6.07, 6.45) is 4.72. The lowest BCUT2D eigenvalue weighted by atomic mass is 9.76. The van der Waals surface area contributed by atoms with Crippen molar-refractivity contribution in [2.24, 2.45) is 0 Å². The predicted octanol–water partition coefficient (Wildman–Crippen LogP) is 12.0. The average Bonchev–Trinajstić information content (AvgIpc) is 2.85. The topological polar surface area (TPSA) is 66.8 Å². The number of hydrogen-bond donors (Lipinski definition) is 2. The highest BCUT2D eigenvalue weighted by Gasteiger charge is 2.34. The van der Waals surface area contributed by atoms with Crippen LogP contribution < -0.4 is 4.74 Å². The Hall–Kier alpha value is -1.79. The second-order valence-corrected chi connectivity index (χ2v) is 19.9. The van der Waals surface area contributed by atoms with E-state index in [0.29, 0.717) is 18.8 Å². The fraction of sp³-hybridized carbons (Fsp3) is 0.667. The molecule has 0 aliphatic rings. The van der Waals surface area contributed by atoms with Crippen LogP contribution in [0.3, 0.4) is 0 Å². The zero-order valence-corrected chi connectivity index (χ0v) is 32.4. The number of carbonyl (C=O) groups is 1. The van der Waals surface area contributed by atoms with Crippen LogP contribution in [0.1, 0.15) is 158 Å². The van der Waals surface area contributed by atoms with E-state index in [-0.39, 0.29) is 32.2 Å². The monoisotopic (exact) mass is 658 g/mol. The third-order valence-corrected chi connectivity index (χ3v) is 11.0. The lowest BCUT2D eigenvalue weighted by Crippen LogP contribution is -2.22. The van der Waals surface area contributed by atoms with E-state index in [2.05, 4.69) is 121 Å². The summed E-state index contributed by atoms with van der Waals surface area (Å²) in [6, 6.07) is 9.06. The minimum absolute atomic E-state index is 0.0990. The molecule has 2 aromatic carbocycles. The number of benzene rings is 2. The van der Waals surface area contributed by atoms with E-state index >= 15 is 0 Å². The zero-order chi connectivity index (χ0) is 34.6. The Morgan fingerprint density at radius 2 is 1.11 bits per heavy atom. The van der Waals surface area contributed by atoms with Crippen LogP contribution in [0.25, 0.3) is 0 Å². The molecule has 0 bridgehead atoms. The molecule has 1 unspecified atom stereocenters. The SMILES string of the molecule is CCCC(C)(Sc1cc(C(C)(C)C)c(OCCCC(=O)O)c(C(C)(C)C)c1)Sc1cc(C(C)(C)C)c(O)c(C(C)(C)CCC)c1. The normalized spacial score (nSPS) is 14.4. The molecule has 0 amide bonds. The molecule has 2 aromatic rings. The fourth-order valence-corrected chi connectivity index (χ4v) is 8.98. The zero-order valence-electron chi connectivity index (χ0n) is 30.8. The van der Waals surface area contributed by atoms with E-state index in [9.17, 15) is 9.90 Å². The van der Waals surface area contributed by atoms with Crippen LogP contribution in [0.4, 0.5) is 0 Å². The van der Waals surface area contributed by atoms with Crippen molar-refractivity contribution in [2.45, 2.75) is 171 Å². The van der Waals surface area contributed by atoms with Crippen molar-refractivity contribution in [1.29, 1.82) is 0 Å². The molecule has 2 rings (SSSR count). The first-order chi connectivity index (χ1) is 20.4. The minimum Gasteiger partial charge on any atom is -0.507 e. The van der Waals surface area contributed by atoms with Gasteiger partial charge in [0, 0.05) is 38.5 Å². The quantitative estimate of drug-likeness (QED) is 0.120. The van der Waals surface area contributed by atoms with E-state index < -0.39 is 5.97 Å². The Morgan fingerprint density at radius 3 is 1.51 bits per heavy atom. The van der Waals surface area contributed by atoms with Crippen molar-refractivity contribution in [3.63, 3.8) is 0 Å². The highest BCUT2D eigenvalue weighted by Crippen LogP contribution is 2.53. The molecule has 1 atom stereocenters. The number of aromatic hydroxyl groups is 1. The summed E-state index contributed by atoms with van der Waals surface area (Å²) in [7, 11) is 0. The van der Waals surface area contributed by atoms with Gasteiger partial charge in [-0.15, -0.1) is 23.5 Å². The smallest absolute Gasteiger partial charge is 0.303 e. The van der Waals surface area contributed by atoms with Gasteiger partial charge in [0.05, 0.1) is 10.7 Å². The molecule has 0 aromatic heterocycles. The van der Waals surface area contributed by atoms with Gasteiger partial charge in [0.25, 0.3) is 0 Å². The van der Waals surface area contributed by atoms with Crippen LogP contribution in [0, 0.1) is 0 Å². The van der Waals surface area contributed by atoms with Gasteiger partial charge in [0.2, 0.25) is 0 Å². The van der Waals surface area contributed by atoms with Crippen molar-refractivity contribution in [3.05, 3.63) is 46.5 Å². The molecule has 0 aliphatic heterocycles. The Labute approximate surface area is 283 Å². The van der Waals surface area contributed by atoms with Gasteiger partial charge in [-0.1, -0.05) is 103 Å². The maximum absolute atomic E-state index is 11.5. The van der Waals surface area contributed by atoms with E-state index in [4.69, 9.17) is 9.84 Å². The van der Waals surface area contributed by atoms with Gasteiger partial charge in [-0.3, -0.25) is 4.79 Å². The van der Waals surface area contributed by atoms with Crippen LogP contribution >= 0.6 is 23.5 Å². The molecule has 0 aliphatic carbocycles. The molecule has 2 N–H and O–H groups in total. The van der Waals surface area contributed by atoms with Gasteiger partial charge in [0.1, 0.15) is 11.5 Å². The van der Waals surface area contributed by atoms with Crippen LogP contribution in [0.2, 0.25) is 0 Å². The summed E-state index contributed by atoms with van der Waals surface area (Å²) in [5, 5.41) is 20.7. The standard InChI is InChI=1S/C39H62O4S2/c1-15-19-38(12,13)29-23-26(22-28(33(29)42)35(3,4)5)44-39(14,20-16-2)45-27-24-30(36(6,7)8)34(31(25-27)37(9,10)11)43-21-17-18-32(40)41/h22-25,42H,15-21H2,1-14H3,(H,40,41). The largest absolute Gasteiger partial charge is 0.507 e.